The van der Waals surface area contributed by atoms with Crippen LogP contribution in [0.4, 0.5) is 4.39 Å². The third kappa shape index (κ3) is 5.01. The average molecular weight is 258 g/mol. The minimum absolute atomic E-state index is 0.182. The third-order valence-electron chi connectivity index (χ3n) is 2.18. The third-order valence-corrected chi connectivity index (χ3v) is 2.18. The normalized spacial score (nSPS) is 10.4. The van der Waals surface area contributed by atoms with Gasteiger partial charge in [-0.25, -0.2) is 4.39 Å². The van der Waals surface area contributed by atoms with E-state index in [-0.39, 0.29) is 12.1 Å². The average Bonchev–Trinajstić information content (AvgIpc) is 2.33. The van der Waals surface area contributed by atoms with Crippen molar-refractivity contribution in [2.75, 3.05) is 33.5 Å². The Balaban J connectivity index is 2.33. The van der Waals surface area contributed by atoms with Crippen LogP contribution in [-0.4, -0.2) is 50.7 Å². The first kappa shape index (κ1) is 14.9. The molecule has 2 N–H and O–H groups in total. The van der Waals surface area contributed by atoms with Crippen LogP contribution in [0.5, 0.6) is 5.75 Å². The summed E-state index contributed by atoms with van der Waals surface area (Å²) in [6.45, 7) is 1.64. The summed E-state index contributed by atoms with van der Waals surface area (Å²) in [7, 11) is -0.240. The SMILES string of the molecule is COCCOCCOc1ccc(B(O)O)c(F)c1. The number of hydrogen-bond acceptors (Lipinski definition) is 5. The molecule has 0 amide bonds. The maximum atomic E-state index is 13.3. The minimum Gasteiger partial charge on any atom is -0.491 e. The highest BCUT2D eigenvalue weighted by Crippen LogP contribution is 2.10. The van der Waals surface area contributed by atoms with Crippen LogP contribution in [0.3, 0.4) is 0 Å². The molecule has 0 aromatic heterocycles. The van der Waals surface area contributed by atoms with Gasteiger partial charge >= 0.3 is 7.12 Å². The van der Waals surface area contributed by atoms with Crippen LogP contribution in [-0.2, 0) is 9.47 Å². The van der Waals surface area contributed by atoms with Crippen LogP contribution < -0.4 is 10.2 Å². The zero-order valence-electron chi connectivity index (χ0n) is 10.1. The zero-order valence-corrected chi connectivity index (χ0v) is 10.1. The summed E-state index contributed by atoms with van der Waals surface area (Å²) in [6.07, 6.45) is 0. The fourth-order valence-corrected chi connectivity index (χ4v) is 1.27. The lowest BCUT2D eigenvalue weighted by molar-refractivity contribution is 0.0544. The quantitative estimate of drug-likeness (QED) is 0.488. The summed E-state index contributed by atoms with van der Waals surface area (Å²) in [6, 6.07) is 3.83. The van der Waals surface area contributed by atoms with Crippen molar-refractivity contribution < 1.29 is 28.6 Å². The molecule has 0 atom stereocenters. The molecule has 100 valence electrons. The van der Waals surface area contributed by atoms with Gasteiger partial charge in [-0.05, 0) is 6.07 Å². The molecule has 5 nitrogen and oxygen atoms in total. The lowest BCUT2D eigenvalue weighted by Gasteiger charge is -2.08. The van der Waals surface area contributed by atoms with Crippen molar-refractivity contribution in [3.8, 4) is 5.75 Å². The first-order valence-corrected chi connectivity index (χ1v) is 5.50. The highest BCUT2D eigenvalue weighted by molar-refractivity contribution is 6.58. The van der Waals surface area contributed by atoms with Gasteiger partial charge in [0.25, 0.3) is 0 Å². The molecule has 0 aliphatic carbocycles. The Kier molecular flexibility index (Phi) is 6.67. The Hall–Kier alpha value is -1.15. The summed E-state index contributed by atoms with van der Waals surface area (Å²) in [5.74, 6) is -0.407. The lowest BCUT2D eigenvalue weighted by Crippen LogP contribution is -2.32. The summed E-state index contributed by atoms with van der Waals surface area (Å²) >= 11 is 0. The molecule has 1 rings (SSSR count). The van der Waals surface area contributed by atoms with E-state index in [1.54, 1.807) is 7.11 Å². The monoisotopic (exact) mass is 258 g/mol. The van der Waals surface area contributed by atoms with Crippen LogP contribution in [0.1, 0.15) is 0 Å². The van der Waals surface area contributed by atoms with E-state index in [1.165, 1.54) is 12.1 Å². The van der Waals surface area contributed by atoms with Crippen molar-refractivity contribution >= 4 is 12.6 Å². The zero-order chi connectivity index (χ0) is 13.4. The van der Waals surface area contributed by atoms with Crippen molar-refractivity contribution in [3.05, 3.63) is 24.0 Å². The predicted molar refractivity (Wildman–Crippen MR) is 64.4 cm³/mol. The van der Waals surface area contributed by atoms with Crippen molar-refractivity contribution in [1.82, 2.24) is 0 Å². The van der Waals surface area contributed by atoms with Gasteiger partial charge < -0.3 is 24.3 Å². The summed E-state index contributed by atoms with van der Waals surface area (Å²) in [4.78, 5) is 0. The number of benzene rings is 1. The van der Waals surface area contributed by atoms with E-state index >= 15 is 0 Å². The highest BCUT2D eigenvalue weighted by Gasteiger charge is 2.16. The van der Waals surface area contributed by atoms with E-state index in [1.807, 2.05) is 0 Å². The van der Waals surface area contributed by atoms with E-state index in [9.17, 15) is 4.39 Å². The molecule has 0 saturated carbocycles. The molecule has 0 aliphatic heterocycles. The molecule has 0 unspecified atom stereocenters. The van der Waals surface area contributed by atoms with Crippen LogP contribution in [0.15, 0.2) is 18.2 Å². The topological polar surface area (TPSA) is 68.2 Å². The smallest absolute Gasteiger partial charge is 0.491 e. The van der Waals surface area contributed by atoms with E-state index < -0.39 is 12.9 Å². The summed E-state index contributed by atoms with van der Waals surface area (Å²) < 4.78 is 28.5. The number of halogens is 1. The fraction of sp³-hybridized carbons (Fsp3) is 0.455. The lowest BCUT2D eigenvalue weighted by atomic mass is 9.80. The number of methoxy groups -OCH3 is 1. The highest BCUT2D eigenvalue weighted by atomic mass is 19.1. The molecule has 0 bridgehead atoms. The van der Waals surface area contributed by atoms with Gasteiger partial charge in [-0.1, -0.05) is 6.07 Å². The van der Waals surface area contributed by atoms with Crippen molar-refractivity contribution in [2.45, 2.75) is 0 Å². The van der Waals surface area contributed by atoms with Gasteiger partial charge in [-0.3, -0.25) is 0 Å². The maximum Gasteiger partial charge on any atom is 0.491 e. The van der Waals surface area contributed by atoms with Crippen LogP contribution in [0.25, 0.3) is 0 Å². The molecule has 0 saturated heterocycles. The van der Waals surface area contributed by atoms with E-state index in [4.69, 9.17) is 24.3 Å². The van der Waals surface area contributed by atoms with Gasteiger partial charge in [-0.15, -0.1) is 0 Å². The first-order chi connectivity index (χ1) is 8.65. The second kappa shape index (κ2) is 8.04. The Labute approximate surface area is 105 Å². The van der Waals surface area contributed by atoms with Crippen molar-refractivity contribution in [1.29, 1.82) is 0 Å². The van der Waals surface area contributed by atoms with E-state index in [2.05, 4.69) is 0 Å². The summed E-state index contributed by atoms with van der Waals surface area (Å²) in [5.41, 5.74) is -0.182. The number of ether oxygens (including phenoxy) is 3. The Morgan fingerprint density at radius 1 is 1.17 bits per heavy atom. The molecule has 0 radical (unpaired) electrons. The predicted octanol–water partition coefficient (Wildman–Crippen LogP) is -0.453. The molecule has 0 aliphatic rings. The van der Waals surface area contributed by atoms with Gasteiger partial charge in [0.2, 0.25) is 0 Å². The van der Waals surface area contributed by atoms with Crippen LogP contribution in [0, 0.1) is 5.82 Å². The van der Waals surface area contributed by atoms with Crippen LogP contribution in [0.2, 0.25) is 0 Å². The Bertz CT molecular complexity index is 361. The van der Waals surface area contributed by atoms with Gasteiger partial charge in [0.1, 0.15) is 18.2 Å². The second-order valence-electron chi connectivity index (χ2n) is 3.51. The van der Waals surface area contributed by atoms with E-state index in [0.717, 1.165) is 6.07 Å². The summed E-state index contributed by atoms with van der Waals surface area (Å²) in [5, 5.41) is 17.7. The molecular weight excluding hydrogens is 242 g/mol. The van der Waals surface area contributed by atoms with Crippen LogP contribution >= 0.6 is 0 Å². The molecule has 0 heterocycles. The molecule has 0 fully saturated rings. The molecule has 0 spiro atoms. The standard InChI is InChI=1S/C11H16BFO5/c1-16-4-5-17-6-7-18-9-2-3-10(12(14)15)11(13)8-9/h2-3,8,14-15H,4-7H2,1H3. The van der Waals surface area contributed by atoms with E-state index in [0.29, 0.717) is 25.6 Å². The Morgan fingerprint density at radius 2 is 1.89 bits per heavy atom. The van der Waals surface area contributed by atoms with Gasteiger partial charge in [0, 0.05) is 18.6 Å². The first-order valence-electron chi connectivity index (χ1n) is 5.50. The van der Waals surface area contributed by atoms with Crippen molar-refractivity contribution in [3.63, 3.8) is 0 Å². The maximum absolute atomic E-state index is 13.3. The van der Waals surface area contributed by atoms with Gasteiger partial charge in [-0.2, -0.15) is 0 Å². The minimum atomic E-state index is -1.82. The molecular formula is C11H16BFO5. The largest absolute Gasteiger partial charge is 0.491 e. The van der Waals surface area contributed by atoms with Crippen molar-refractivity contribution in [2.24, 2.45) is 0 Å². The molecule has 1 aromatic rings. The molecule has 1 aromatic carbocycles. The number of hydrogen-bond donors (Lipinski definition) is 2. The van der Waals surface area contributed by atoms with Gasteiger partial charge in [0.15, 0.2) is 0 Å². The number of rotatable bonds is 8. The van der Waals surface area contributed by atoms with Gasteiger partial charge in [0.05, 0.1) is 19.8 Å². The Morgan fingerprint density at radius 3 is 2.50 bits per heavy atom. The molecule has 18 heavy (non-hydrogen) atoms. The second-order valence-corrected chi connectivity index (χ2v) is 3.51. The fourth-order valence-electron chi connectivity index (χ4n) is 1.27. The molecule has 7 heteroatoms.